The third kappa shape index (κ3) is 2.94. The number of benzene rings is 2. The van der Waals surface area contributed by atoms with Gasteiger partial charge in [-0.3, -0.25) is 9.59 Å². The van der Waals surface area contributed by atoms with E-state index in [1.807, 2.05) is 26.0 Å². The molecule has 0 heterocycles. The summed E-state index contributed by atoms with van der Waals surface area (Å²) in [5.74, 6) is -0.674. The predicted molar refractivity (Wildman–Crippen MR) is 77.3 cm³/mol. The minimum Gasteiger partial charge on any atom is -0.507 e. The number of aromatic hydroxyl groups is 1. The second kappa shape index (κ2) is 5.70. The normalized spacial score (nSPS) is 10.3. The Labute approximate surface area is 117 Å². The maximum absolute atomic E-state index is 12.1. The van der Waals surface area contributed by atoms with E-state index in [1.54, 1.807) is 24.3 Å². The Bertz CT molecular complexity index is 672. The maximum atomic E-state index is 12.1. The van der Waals surface area contributed by atoms with Gasteiger partial charge in [0.25, 0.3) is 0 Å². The lowest BCUT2D eigenvalue weighted by atomic mass is 9.97. The van der Waals surface area contributed by atoms with Crippen LogP contribution in [0.15, 0.2) is 42.5 Å². The Hall–Kier alpha value is -2.42. The van der Waals surface area contributed by atoms with Crippen molar-refractivity contribution >= 4 is 11.6 Å². The molecule has 0 amide bonds. The van der Waals surface area contributed by atoms with E-state index in [4.69, 9.17) is 0 Å². The molecule has 0 spiro atoms. The average molecular weight is 268 g/mol. The minimum absolute atomic E-state index is 0.0850. The first kappa shape index (κ1) is 14.0. The number of hydrogen-bond acceptors (Lipinski definition) is 3. The van der Waals surface area contributed by atoms with Crippen LogP contribution in [0.5, 0.6) is 5.75 Å². The Kier molecular flexibility index (Phi) is 3.99. The van der Waals surface area contributed by atoms with Crippen molar-refractivity contribution in [2.24, 2.45) is 0 Å². The molecule has 2 aromatic carbocycles. The second-order valence-corrected chi connectivity index (χ2v) is 4.86. The van der Waals surface area contributed by atoms with E-state index in [1.165, 1.54) is 6.07 Å². The summed E-state index contributed by atoms with van der Waals surface area (Å²) in [6.45, 7) is 3.67. The highest BCUT2D eigenvalue weighted by molar-refractivity contribution is 6.14. The van der Waals surface area contributed by atoms with Gasteiger partial charge in [0.15, 0.2) is 11.6 Å². The zero-order valence-electron chi connectivity index (χ0n) is 11.5. The van der Waals surface area contributed by atoms with Crippen LogP contribution in [0.25, 0.3) is 0 Å². The standard InChI is InChI=1S/C17H16O3/c1-11-7-8-15(18)14(9-11)17(20)10-16(19)13-6-4-3-5-12(13)2/h3-9,18H,10H2,1-2H3. The minimum atomic E-state index is -0.362. The van der Waals surface area contributed by atoms with E-state index < -0.39 is 0 Å². The van der Waals surface area contributed by atoms with Gasteiger partial charge in [0.1, 0.15) is 5.75 Å². The molecule has 0 bridgehead atoms. The molecule has 0 aliphatic carbocycles. The summed E-state index contributed by atoms with van der Waals surface area (Å²) in [6, 6.07) is 12.0. The highest BCUT2D eigenvalue weighted by atomic mass is 16.3. The molecular formula is C17H16O3. The Morgan fingerprint density at radius 2 is 1.60 bits per heavy atom. The van der Waals surface area contributed by atoms with Crippen LogP contribution in [0.1, 0.15) is 38.3 Å². The molecule has 1 N–H and O–H groups in total. The van der Waals surface area contributed by atoms with Gasteiger partial charge >= 0.3 is 0 Å². The molecule has 3 nitrogen and oxygen atoms in total. The lowest BCUT2D eigenvalue weighted by Gasteiger charge is -2.06. The molecule has 2 aromatic rings. The van der Waals surface area contributed by atoms with Gasteiger partial charge in [0, 0.05) is 5.56 Å². The van der Waals surface area contributed by atoms with Crippen LogP contribution in [-0.4, -0.2) is 16.7 Å². The third-order valence-corrected chi connectivity index (χ3v) is 3.22. The van der Waals surface area contributed by atoms with Crippen molar-refractivity contribution in [1.29, 1.82) is 0 Å². The van der Waals surface area contributed by atoms with E-state index in [2.05, 4.69) is 0 Å². The van der Waals surface area contributed by atoms with Gasteiger partial charge < -0.3 is 5.11 Å². The highest BCUT2D eigenvalue weighted by Crippen LogP contribution is 2.21. The van der Waals surface area contributed by atoms with Crippen LogP contribution >= 0.6 is 0 Å². The monoisotopic (exact) mass is 268 g/mol. The van der Waals surface area contributed by atoms with E-state index in [0.717, 1.165) is 11.1 Å². The number of aryl methyl sites for hydroxylation is 2. The van der Waals surface area contributed by atoms with Crippen LogP contribution in [0.2, 0.25) is 0 Å². The molecule has 3 heteroatoms. The first-order chi connectivity index (χ1) is 9.49. The summed E-state index contributed by atoms with van der Waals surface area (Å²) in [4.78, 5) is 24.3. The fourth-order valence-corrected chi connectivity index (χ4v) is 2.10. The molecule has 0 aliphatic rings. The highest BCUT2D eigenvalue weighted by Gasteiger charge is 2.17. The Morgan fingerprint density at radius 1 is 0.950 bits per heavy atom. The van der Waals surface area contributed by atoms with Crippen molar-refractivity contribution in [2.45, 2.75) is 20.3 Å². The zero-order chi connectivity index (χ0) is 14.7. The summed E-state index contributed by atoms with van der Waals surface area (Å²) >= 11 is 0. The molecule has 20 heavy (non-hydrogen) atoms. The van der Waals surface area contributed by atoms with Crippen molar-refractivity contribution in [3.05, 3.63) is 64.7 Å². The van der Waals surface area contributed by atoms with E-state index in [0.29, 0.717) is 5.56 Å². The number of carbonyl (C=O) groups is 2. The molecule has 0 unspecified atom stereocenters. The number of Topliss-reactive ketones (excluding diaryl/α,β-unsaturated/α-hetero) is 2. The molecule has 0 aromatic heterocycles. The summed E-state index contributed by atoms with van der Waals surface area (Å²) in [5, 5.41) is 9.71. The number of phenolic OH excluding ortho intramolecular Hbond substituents is 1. The fourth-order valence-electron chi connectivity index (χ4n) is 2.10. The molecule has 2 rings (SSSR count). The lowest BCUT2D eigenvalue weighted by molar-refractivity contribution is 0.0892. The molecule has 102 valence electrons. The van der Waals surface area contributed by atoms with E-state index >= 15 is 0 Å². The lowest BCUT2D eigenvalue weighted by Crippen LogP contribution is -2.10. The number of rotatable bonds is 4. The number of ketones is 2. The van der Waals surface area contributed by atoms with Crippen LogP contribution < -0.4 is 0 Å². The van der Waals surface area contributed by atoms with E-state index in [-0.39, 0.29) is 29.3 Å². The third-order valence-electron chi connectivity index (χ3n) is 3.22. The number of carbonyl (C=O) groups excluding carboxylic acids is 2. The zero-order valence-corrected chi connectivity index (χ0v) is 11.5. The van der Waals surface area contributed by atoms with Gasteiger partial charge in [-0.1, -0.05) is 35.9 Å². The Morgan fingerprint density at radius 3 is 2.30 bits per heavy atom. The molecule has 0 aliphatic heterocycles. The summed E-state index contributed by atoms with van der Waals surface area (Å²) < 4.78 is 0. The van der Waals surface area contributed by atoms with E-state index in [9.17, 15) is 14.7 Å². The van der Waals surface area contributed by atoms with Crippen molar-refractivity contribution in [2.75, 3.05) is 0 Å². The van der Waals surface area contributed by atoms with Crippen LogP contribution in [0.4, 0.5) is 0 Å². The van der Waals surface area contributed by atoms with Crippen molar-refractivity contribution in [3.63, 3.8) is 0 Å². The topological polar surface area (TPSA) is 54.4 Å². The maximum Gasteiger partial charge on any atom is 0.174 e. The molecule has 0 saturated carbocycles. The van der Waals surface area contributed by atoms with Crippen molar-refractivity contribution in [1.82, 2.24) is 0 Å². The number of hydrogen-bond donors (Lipinski definition) is 1. The van der Waals surface area contributed by atoms with Crippen molar-refractivity contribution < 1.29 is 14.7 Å². The summed E-state index contributed by atoms with van der Waals surface area (Å²) in [5.41, 5.74) is 2.47. The number of phenols is 1. The predicted octanol–water partition coefficient (Wildman–Crippen LogP) is 3.46. The summed E-state index contributed by atoms with van der Waals surface area (Å²) in [6.07, 6.45) is -0.234. The van der Waals surface area contributed by atoms with Crippen LogP contribution in [0, 0.1) is 13.8 Å². The molecule has 0 fully saturated rings. The molecule has 0 atom stereocenters. The van der Waals surface area contributed by atoms with Crippen LogP contribution in [-0.2, 0) is 0 Å². The molecule has 0 saturated heterocycles. The first-order valence-electron chi connectivity index (χ1n) is 6.40. The Balaban J connectivity index is 2.22. The fraction of sp³-hybridized carbons (Fsp3) is 0.176. The molecular weight excluding hydrogens is 252 g/mol. The largest absolute Gasteiger partial charge is 0.507 e. The van der Waals surface area contributed by atoms with Gasteiger partial charge in [-0.05, 0) is 31.5 Å². The average Bonchev–Trinajstić information content (AvgIpc) is 2.41. The molecule has 0 radical (unpaired) electrons. The van der Waals surface area contributed by atoms with Crippen LogP contribution in [0.3, 0.4) is 0 Å². The van der Waals surface area contributed by atoms with Gasteiger partial charge in [-0.25, -0.2) is 0 Å². The van der Waals surface area contributed by atoms with Gasteiger partial charge in [0.05, 0.1) is 12.0 Å². The second-order valence-electron chi connectivity index (χ2n) is 4.86. The van der Waals surface area contributed by atoms with Crippen molar-refractivity contribution in [3.8, 4) is 5.75 Å². The van der Waals surface area contributed by atoms with Gasteiger partial charge in [-0.2, -0.15) is 0 Å². The smallest absolute Gasteiger partial charge is 0.174 e. The first-order valence-corrected chi connectivity index (χ1v) is 6.40. The quantitative estimate of drug-likeness (QED) is 0.682. The van der Waals surface area contributed by atoms with Gasteiger partial charge in [0.2, 0.25) is 0 Å². The SMILES string of the molecule is Cc1ccc(O)c(C(=O)CC(=O)c2ccccc2C)c1. The summed E-state index contributed by atoms with van der Waals surface area (Å²) in [7, 11) is 0. The van der Waals surface area contributed by atoms with Gasteiger partial charge in [-0.15, -0.1) is 0 Å².